The summed E-state index contributed by atoms with van der Waals surface area (Å²) in [5.74, 6) is -3.64. The second-order valence-electron chi connectivity index (χ2n) is 4.46. The SMILES string of the molecule is Cn1nc(-c2cc(F)c(F)c(F)c2)c(-c2cccs2)c1N. The highest BCUT2D eigenvalue weighted by atomic mass is 32.1. The minimum Gasteiger partial charge on any atom is -0.383 e. The highest BCUT2D eigenvalue weighted by Crippen LogP contribution is 2.38. The van der Waals surface area contributed by atoms with E-state index in [2.05, 4.69) is 5.10 Å². The van der Waals surface area contributed by atoms with Gasteiger partial charge in [0.1, 0.15) is 11.5 Å². The molecule has 3 rings (SSSR count). The number of thiophene rings is 1. The predicted octanol–water partition coefficient (Wildman–Crippen LogP) is 3.82. The first-order valence-electron chi connectivity index (χ1n) is 6.00. The van der Waals surface area contributed by atoms with Crippen molar-refractivity contribution in [2.24, 2.45) is 7.05 Å². The maximum Gasteiger partial charge on any atom is 0.194 e. The summed E-state index contributed by atoms with van der Waals surface area (Å²) in [6.45, 7) is 0. The number of nitrogens with zero attached hydrogens (tertiary/aromatic N) is 2. The molecular weight excluding hydrogens is 299 g/mol. The first-order valence-corrected chi connectivity index (χ1v) is 6.88. The van der Waals surface area contributed by atoms with Crippen molar-refractivity contribution in [2.45, 2.75) is 0 Å². The van der Waals surface area contributed by atoms with Crippen LogP contribution in [0.4, 0.5) is 19.0 Å². The standard InChI is InChI=1S/C14H10F3N3S/c1-20-14(18)11(10-3-2-4-21-10)13(19-20)7-5-8(15)12(17)9(16)6-7/h2-6H,18H2,1H3. The summed E-state index contributed by atoms with van der Waals surface area (Å²) in [5, 5.41) is 6.05. The molecule has 0 bridgehead atoms. The molecule has 0 spiro atoms. The van der Waals surface area contributed by atoms with Crippen molar-refractivity contribution >= 4 is 17.2 Å². The average molecular weight is 309 g/mol. The third-order valence-electron chi connectivity index (χ3n) is 3.12. The largest absolute Gasteiger partial charge is 0.383 e. The molecule has 0 amide bonds. The van der Waals surface area contributed by atoms with Crippen LogP contribution >= 0.6 is 11.3 Å². The van der Waals surface area contributed by atoms with Gasteiger partial charge in [-0.2, -0.15) is 5.10 Å². The van der Waals surface area contributed by atoms with Gasteiger partial charge in [0.15, 0.2) is 17.5 Å². The minimum absolute atomic E-state index is 0.141. The summed E-state index contributed by atoms with van der Waals surface area (Å²) < 4.78 is 41.4. The Morgan fingerprint density at radius 3 is 2.43 bits per heavy atom. The summed E-state index contributed by atoms with van der Waals surface area (Å²) in [5.41, 5.74) is 7.02. The first-order chi connectivity index (χ1) is 9.99. The van der Waals surface area contributed by atoms with Gasteiger partial charge >= 0.3 is 0 Å². The molecule has 2 heterocycles. The lowest BCUT2D eigenvalue weighted by atomic mass is 10.1. The molecule has 3 nitrogen and oxygen atoms in total. The van der Waals surface area contributed by atoms with E-state index in [4.69, 9.17) is 5.73 Å². The van der Waals surface area contributed by atoms with E-state index in [-0.39, 0.29) is 5.56 Å². The second-order valence-corrected chi connectivity index (χ2v) is 5.41. The Bertz CT molecular complexity index is 786. The van der Waals surface area contributed by atoms with E-state index in [0.717, 1.165) is 17.0 Å². The zero-order chi connectivity index (χ0) is 15.1. The van der Waals surface area contributed by atoms with Gasteiger partial charge in [-0.25, -0.2) is 13.2 Å². The van der Waals surface area contributed by atoms with Crippen LogP contribution in [0.5, 0.6) is 0 Å². The number of rotatable bonds is 2. The molecule has 0 saturated heterocycles. The van der Waals surface area contributed by atoms with Gasteiger partial charge in [-0.05, 0) is 23.6 Å². The molecule has 0 aliphatic carbocycles. The minimum atomic E-state index is -1.50. The van der Waals surface area contributed by atoms with Crippen LogP contribution in [0.2, 0.25) is 0 Å². The van der Waals surface area contributed by atoms with E-state index in [1.165, 1.54) is 16.0 Å². The second kappa shape index (κ2) is 4.92. The van der Waals surface area contributed by atoms with Gasteiger partial charge in [-0.3, -0.25) is 4.68 Å². The van der Waals surface area contributed by atoms with Gasteiger partial charge in [0.05, 0.1) is 5.56 Å². The number of hydrogen-bond acceptors (Lipinski definition) is 3. The van der Waals surface area contributed by atoms with E-state index in [9.17, 15) is 13.2 Å². The zero-order valence-electron chi connectivity index (χ0n) is 10.9. The summed E-state index contributed by atoms with van der Waals surface area (Å²) in [7, 11) is 1.63. The van der Waals surface area contributed by atoms with Crippen molar-refractivity contribution in [1.82, 2.24) is 9.78 Å². The third-order valence-corrected chi connectivity index (χ3v) is 4.00. The summed E-state index contributed by atoms with van der Waals surface area (Å²) in [6.07, 6.45) is 0. The fourth-order valence-corrected chi connectivity index (χ4v) is 2.87. The van der Waals surface area contributed by atoms with E-state index in [1.54, 1.807) is 7.05 Å². The molecule has 2 N–H and O–H groups in total. The maximum absolute atomic E-state index is 13.4. The van der Waals surface area contributed by atoms with E-state index in [0.29, 0.717) is 17.1 Å². The van der Waals surface area contributed by atoms with Crippen LogP contribution in [0.3, 0.4) is 0 Å². The van der Waals surface area contributed by atoms with Crippen molar-refractivity contribution in [1.29, 1.82) is 0 Å². The van der Waals surface area contributed by atoms with Crippen LogP contribution in [-0.4, -0.2) is 9.78 Å². The molecule has 0 radical (unpaired) electrons. The number of aromatic nitrogens is 2. The number of hydrogen-bond donors (Lipinski definition) is 1. The van der Waals surface area contributed by atoms with E-state index >= 15 is 0 Å². The molecule has 108 valence electrons. The molecule has 0 aliphatic heterocycles. The van der Waals surface area contributed by atoms with Gasteiger partial charge in [-0.1, -0.05) is 6.07 Å². The third kappa shape index (κ3) is 2.19. The Hall–Kier alpha value is -2.28. The fourth-order valence-electron chi connectivity index (χ4n) is 2.10. The summed E-state index contributed by atoms with van der Waals surface area (Å²) >= 11 is 1.43. The molecule has 0 aliphatic rings. The van der Waals surface area contributed by atoms with Crippen LogP contribution in [0.25, 0.3) is 21.7 Å². The Balaban J connectivity index is 2.27. The van der Waals surface area contributed by atoms with Crippen LogP contribution in [0, 0.1) is 17.5 Å². The van der Waals surface area contributed by atoms with Gasteiger partial charge in [-0.15, -0.1) is 11.3 Å². The molecule has 0 atom stereocenters. The van der Waals surface area contributed by atoms with Crippen molar-refractivity contribution < 1.29 is 13.2 Å². The average Bonchev–Trinajstić information content (AvgIpc) is 3.05. The molecule has 0 unspecified atom stereocenters. The molecule has 3 aromatic rings. The topological polar surface area (TPSA) is 43.8 Å². The first kappa shape index (κ1) is 13.7. The quantitative estimate of drug-likeness (QED) is 0.731. The molecular formula is C14H10F3N3S. The van der Waals surface area contributed by atoms with Crippen LogP contribution in [0.1, 0.15) is 0 Å². The molecule has 0 fully saturated rings. The monoisotopic (exact) mass is 309 g/mol. The lowest BCUT2D eigenvalue weighted by molar-refractivity contribution is 0.447. The Morgan fingerprint density at radius 2 is 1.86 bits per heavy atom. The molecule has 7 heteroatoms. The normalized spacial score (nSPS) is 11.0. The van der Waals surface area contributed by atoms with E-state index < -0.39 is 17.5 Å². The van der Waals surface area contributed by atoms with Gasteiger partial charge in [0.2, 0.25) is 0 Å². The molecule has 2 aromatic heterocycles. The molecule has 21 heavy (non-hydrogen) atoms. The number of nitrogen functional groups attached to an aromatic ring is 1. The van der Waals surface area contributed by atoms with Crippen LogP contribution in [-0.2, 0) is 7.05 Å². The lowest BCUT2D eigenvalue weighted by Gasteiger charge is -2.03. The lowest BCUT2D eigenvalue weighted by Crippen LogP contribution is -1.97. The van der Waals surface area contributed by atoms with Gasteiger partial charge in [0.25, 0.3) is 0 Å². The Morgan fingerprint density at radius 1 is 1.19 bits per heavy atom. The highest BCUT2D eigenvalue weighted by Gasteiger charge is 2.21. The van der Waals surface area contributed by atoms with E-state index in [1.807, 2.05) is 17.5 Å². The number of halogens is 3. The number of nitrogens with two attached hydrogens (primary N) is 1. The number of benzene rings is 1. The van der Waals surface area contributed by atoms with Crippen LogP contribution in [0.15, 0.2) is 29.6 Å². The predicted molar refractivity (Wildman–Crippen MR) is 76.2 cm³/mol. The zero-order valence-corrected chi connectivity index (χ0v) is 11.7. The fraction of sp³-hybridized carbons (Fsp3) is 0.0714. The van der Waals surface area contributed by atoms with Crippen molar-refractivity contribution in [3.05, 3.63) is 47.1 Å². The highest BCUT2D eigenvalue weighted by molar-refractivity contribution is 7.13. The molecule has 0 saturated carbocycles. The molecule has 1 aromatic carbocycles. The van der Waals surface area contributed by atoms with Gasteiger partial charge < -0.3 is 5.73 Å². The van der Waals surface area contributed by atoms with Gasteiger partial charge in [0, 0.05) is 17.5 Å². The van der Waals surface area contributed by atoms with Crippen molar-refractivity contribution in [2.75, 3.05) is 5.73 Å². The Kier molecular flexibility index (Phi) is 3.21. The summed E-state index contributed by atoms with van der Waals surface area (Å²) in [4.78, 5) is 0.820. The van der Waals surface area contributed by atoms with Crippen molar-refractivity contribution in [3.8, 4) is 21.7 Å². The number of anilines is 1. The maximum atomic E-state index is 13.4. The Labute approximate surface area is 122 Å². The van der Waals surface area contributed by atoms with Crippen molar-refractivity contribution in [3.63, 3.8) is 0 Å². The van der Waals surface area contributed by atoms with Crippen LogP contribution < -0.4 is 5.73 Å². The smallest absolute Gasteiger partial charge is 0.194 e. The number of aryl methyl sites for hydroxylation is 1. The summed E-state index contributed by atoms with van der Waals surface area (Å²) in [6, 6.07) is 5.49.